The van der Waals surface area contributed by atoms with E-state index in [9.17, 15) is 9.59 Å². The van der Waals surface area contributed by atoms with Crippen LogP contribution in [0.15, 0.2) is 231 Å². The van der Waals surface area contributed by atoms with E-state index in [1.54, 1.807) is 12.4 Å². The molecule has 76 heavy (non-hydrogen) atoms. The second-order valence-electron chi connectivity index (χ2n) is 19.4. The predicted molar refractivity (Wildman–Crippen MR) is 304 cm³/mol. The number of pyridine rings is 5. The van der Waals surface area contributed by atoms with Crippen molar-refractivity contribution in [3.8, 4) is 44.6 Å². The first-order chi connectivity index (χ1) is 37.5. The van der Waals surface area contributed by atoms with Crippen molar-refractivity contribution in [3.63, 3.8) is 0 Å². The molecule has 0 amide bonds. The van der Waals surface area contributed by atoms with Crippen LogP contribution in [-0.2, 0) is 25.7 Å². The first kappa shape index (κ1) is 44.7. The molecule has 0 aliphatic carbocycles. The first-order valence-electron chi connectivity index (χ1n) is 25.4. The summed E-state index contributed by atoms with van der Waals surface area (Å²) in [7, 11) is 0. The van der Waals surface area contributed by atoms with Crippen molar-refractivity contribution in [1.82, 2.24) is 24.9 Å². The van der Waals surface area contributed by atoms with E-state index in [0.29, 0.717) is 58.3 Å². The van der Waals surface area contributed by atoms with Crippen molar-refractivity contribution in [1.29, 1.82) is 0 Å². The van der Waals surface area contributed by atoms with Crippen LogP contribution >= 0.6 is 0 Å². The fourth-order valence-corrected chi connectivity index (χ4v) is 11.1. The molecule has 9 nitrogen and oxygen atoms in total. The maximum atomic E-state index is 13.2. The predicted octanol–water partition coefficient (Wildman–Crippen LogP) is 14.9. The van der Waals surface area contributed by atoms with E-state index in [1.165, 1.54) is 32.3 Å². The Morgan fingerprint density at radius 1 is 0.303 bits per heavy atom. The molecule has 0 spiro atoms. The Balaban J connectivity index is 0.893. The third kappa shape index (κ3) is 7.93. The molecule has 14 rings (SSSR count). The van der Waals surface area contributed by atoms with Crippen LogP contribution in [0.2, 0.25) is 0 Å². The fourth-order valence-electron chi connectivity index (χ4n) is 11.1. The maximum Gasteiger partial charge on any atom is 0.347 e. The van der Waals surface area contributed by atoms with E-state index >= 15 is 0 Å². The largest absolute Gasteiger partial charge is 0.403 e. The van der Waals surface area contributed by atoms with Gasteiger partial charge < -0.3 is 8.83 Å². The molecular weight excluding hydrogens is 939 g/mol. The van der Waals surface area contributed by atoms with Crippen molar-refractivity contribution in [2.45, 2.75) is 25.7 Å². The molecule has 7 heterocycles. The van der Waals surface area contributed by atoms with E-state index in [1.807, 2.05) is 61.1 Å². The van der Waals surface area contributed by atoms with Gasteiger partial charge in [0.2, 0.25) is 11.4 Å². The second-order valence-corrected chi connectivity index (χ2v) is 19.4. The minimum Gasteiger partial charge on any atom is -0.403 e. The lowest BCUT2D eigenvalue weighted by molar-refractivity contribution is 0.557. The van der Waals surface area contributed by atoms with Crippen molar-refractivity contribution in [3.05, 3.63) is 256 Å². The molecular formula is C67H43N5O4. The first-order valence-corrected chi connectivity index (χ1v) is 25.4. The molecule has 7 aromatic heterocycles. The molecule has 0 fully saturated rings. The lowest BCUT2D eigenvalue weighted by atomic mass is 9.86. The van der Waals surface area contributed by atoms with Gasteiger partial charge in [-0.05, 0) is 157 Å². The number of aryl methyl sites for hydroxylation is 4. The van der Waals surface area contributed by atoms with Crippen LogP contribution in [0.4, 0.5) is 0 Å². The highest BCUT2D eigenvalue weighted by Crippen LogP contribution is 2.43. The molecule has 360 valence electrons. The summed E-state index contributed by atoms with van der Waals surface area (Å²) in [5.74, 6) is 0. The Morgan fingerprint density at radius 3 is 1.39 bits per heavy atom. The van der Waals surface area contributed by atoms with E-state index in [2.05, 4.69) is 149 Å². The Labute approximate surface area is 434 Å². The Bertz CT molecular complexity index is 4590. The normalized spacial score (nSPS) is 11.7. The summed E-state index contributed by atoms with van der Waals surface area (Å²) in [6, 6.07) is 63.5. The minimum absolute atomic E-state index is 0.272. The van der Waals surface area contributed by atoms with E-state index in [4.69, 9.17) is 23.8 Å². The maximum absolute atomic E-state index is 13.2. The molecule has 0 atom stereocenters. The Kier molecular flexibility index (Phi) is 10.9. The van der Waals surface area contributed by atoms with Crippen molar-refractivity contribution in [2.24, 2.45) is 0 Å². The summed E-state index contributed by atoms with van der Waals surface area (Å²) >= 11 is 0. The zero-order valence-corrected chi connectivity index (χ0v) is 40.9. The molecule has 14 aromatic rings. The highest BCUT2D eigenvalue weighted by Gasteiger charge is 2.19. The molecule has 0 saturated heterocycles. The third-order valence-corrected chi connectivity index (χ3v) is 14.8. The van der Waals surface area contributed by atoms with Gasteiger partial charge in [-0.2, -0.15) is 0 Å². The molecule has 9 heteroatoms. The lowest BCUT2D eigenvalue weighted by Gasteiger charge is -2.18. The summed E-state index contributed by atoms with van der Waals surface area (Å²) in [5.41, 5.74) is 13.2. The number of nitrogens with zero attached hydrogens (tertiary/aromatic N) is 5. The van der Waals surface area contributed by atoms with Crippen molar-refractivity contribution < 1.29 is 8.83 Å². The van der Waals surface area contributed by atoms with Gasteiger partial charge in [0.1, 0.15) is 0 Å². The number of hydrogen-bond donors (Lipinski definition) is 0. The van der Waals surface area contributed by atoms with Gasteiger partial charge in [0.25, 0.3) is 0 Å². The Hall–Kier alpha value is -9.99. The van der Waals surface area contributed by atoms with Crippen LogP contribution in [-0.4, -0.2) is 24.9 Å². The van der Waals surface area contributed by atoms with Gasteiger partial charge in [0, 0.05) is 42.1 Å². The average Bonchev–Trinajstić information content (AvgIpc) is 3.55. The zero-order valence-electron chi connectivity index (χ0n) is 40.9. The molecule has 0 N–H and O–H groups in total. The number of hydrogen-bond acceptors (Lipinski definition) is 9. The van der Waals surface area contributed by atoms with Gasteiger partial charge in [0.15, 0.2) is 0 Å². The van der Waals surface area contributed by atoms with Crippen LogP contribution in [0.1, 0.15) is 22.3 Å². The average molecular weight is 982 g/mol. The molecule has 0 aliphatic heterocycles. The SMILES string of the molecule is O=c1oc2ncccc2c2ncc(CCc3cc(CCc4cnc5c(c4)c(=O)oc4ncccc45)cc(-c4ccccc4-c4cnc(-c5ccccc5)cc4-c4ccc5c6ccccc6c6ccccc6c5c4)c3)cc12. The number of rotatable bonds is 10. The van der Waals surface area contributed by atoms with Crippen LogP contribution in [0.5, 0.6) is 0 Å². The van der Waals surface area contributed by atoms with Gasteiger partial charge in [-0.3, -0.25) is 15.0 Å². The minimum atomic E-state index is -0.460. The van der Waals surface area contributed by atoms with Gasteiger partial charge in [-0.25, -0.2) is 19.6 Å². The van der Waals surface area contributed by atoms with E-state index in [0.717, 1.165) is 66.9 Å². The lowest BCUT2D eigenvalue weighted by Crippen LogP contribution is -2.04. The van der Waals surface area contributed by atoms with Gasteiger partial charge in [-0.15, -0.1) is 0 Å². The van der Waals surface area contributed by atoms with Crippen LogP contribution in [0.3, 0.4) is 0 Å². The van der Waals surface area contributed by atoms with Gasteiger partial charge in [0.05, 0.1) is 38.3 Å². The number of fused-ring (bicyclic) bond motifs is 12. The highest BCUT2D eigenvalue weighted by atomic mass is 16.4. The standard InChI is InChI=1S/C67H43N5O4/c73-66-58-33-42(37-71-62(58)54-20-10-28-68-64(54)75-66)24-22-40-30-41(23-25-43-34-59-63(72-38-43)55-21-11-29-69-65(55)76-67(59)74)32-46(31-40)47-14-4-5-15-48(47)60-39-70-61(44-12-2-1-3-13-44)36-56(60)45-26-27-53-51-18-7-6-16-49(51)50-17-8-9-19-52(50)57(53)35-45/h1-21,26-39H,22-25H2. The quantitative estimate of drug-likeness (QED) is 0.123. The van der Waals surface area contributed by atoms with Gasteiger partial charge in [-0.1, -0.05) is 133 Å². The highest BCUT2D eigenvalue weighted by molar-refractivity contribution is 6.26. The summed E-state index contributed by atoms with van der Waals surface area (Å²) in [5, 5.41) is 9.57. The summed E-state index contributed by atoms with van der Waals surface area (Å²) < 4.78 is 11.2. The smallest absolute Gasteiger partial charge is 0.347 e. The Morgan fingerprint density at radius 2 is 0.803 bits per heavy atom. The van der Waals surface area contributed by atoms with Crippen molar-refractivity contribution >= 4 is 76.3 Å². The molecule has 0 bridgehead atoms. The molecule has 0 saturated carbocycles. The second kappa shape index (κ2) is 18.5. The third-order valence-electron chi connectivity index (χ3n) is 14.8. The van der Waals surface area contributed by atoms with Crippen LogP contribution in [0, 0.1) is 0 Å². The number of aromatic nitrogens is 5. The van der Waals surface area contributed by atoms with Crippen molar-refractivity contribution in [2.75, 3.05) is 0 Å². The fraction of sp³-hybridized carbons (Fsp3) is 0.0597. The summed E-state index contributed by atoms with van der Waals surface area (Å²) in [6.07, 6.45) is 11.6. The van der Waals surface area contributed by atoms with Crippen LogP contribution < -0.4 is 11.3 Å². The molecule has 0 unspecified atom stereocenters. The molecule has 0 aliphatic rings. The van der Waals surface area contributed by atoms with E-state index in [-0.39, 0.29) is 11.4 Å². The molecule has 7 aromatic carbocycles. The van der Waals surface area contributed by atoms with E-state index < -0.39 is 11.3 Å². The summed E-state index contributed by atoms with van der Waals surface area (Å²) in [4.78, 5) is 49.7. The molecule has 0 radical (unpaired) electrons. The number of benzene rings is 7. The zero-order chi connectivity index (χ0) is 50.7. The topological polar surface area (TPSA) is 125 Å². The van der Waals surface area contributed by atoms with Crippen LogP contribution in [0.25, 0.3) is 121 Å². The monoisotopic (exact) mass is 981 g/mol. The van der Waals surface area contributed by atoms with Gasteiger partial charge >= 0.3 is 11.3 Å². The summed E-state index contributed by atoms with van der Waals surface area (Å²) in [6.45, 7) is 0.